The number of halogens is 1. The minimum atomic E-state index is 0.666. The van der Waals surface area contributed by atoms with Gasteiger partial charge in [-0.15, -0.1) is 12.6 Å². The van der Waals surface area contributed by atoms with Crippen molar-refractivity contribution in [1.82, 2.24) is 4.98 Å². The van der Waals surface area contributed by atoms with E-state index in [0.29, 0.717) is 5.02 Å². The summed E-state index contributed by atoms with van der Waals surface area (Å²) >= 11 is 10.1. The molecule has 0 saturated carbocycles. The summed E-state index contributed by atoms with van der Waals surface area (Å²) in [4.78, 5) is 4.80. The first kappa shape index (κ1) is 7.90. The highest BCUT2D eigenvalue weighted by molar-refractivity contribution is 7.80. The summed E-state index contributed by atoms with van der Waals surface area (Å²) in [6.07, 6.45) is 3.54. The maximum absolute atomic E-state index is 5.88. The molecule has 0 fully saturated rings. The van der Waals surface area contributed by atoms with Crippen LogP contribution in [0.5, 0.6) is 0 Å². The molecule has 12 heavy (non-hydrogen) atoms. The zero-order valence-electron chi connectivity index (χ0n) is 6.16. The van der Waals surface area contributed by atoms with Crippen molar-refractivity contribution in [2.45, 2.75) is 4.90 Å². The van der Waals surface area contributed by atoms with Gasteiger partial charge in [0.05, 0.1) is 5.02 Å². The molecule has 0 bridgehead atoms. The molecule has 0 amide bonds. The van der Waals surface area contributed by atoms with Crippen LogP contribution in [0.15, 0.2) is 35.5 Å². The van der Waals surface area contributed by atoms with E-state index in [0.717, 1.165) is 15.7 Å². The van der Waals surface area contributed by atoms with Crippen molar-refractivity contribution in [3.8, 4) is 0 Å². The van der Waals surface area contributed by atoms with E-state index in [1.54, 1.807) is 12.4 Å². The molecule has 1 heterocycles. The Hall–Kier alpha value is -0.730. The molecule has 0 aliphatic carbocycles. The Kier molecular flexibility index (Phi) is 1.95. The zero-order valence-corrected chi connectivity index (χ0v) is 7.81. The monoisotopic (exact) mass is 195 g/mol. The number of benzene rings is 1. The Bertz CT molecular complexity index is 387. The average molecular weight is 196 g/mol. The van der Waals surface area contributed by atoms with Gasteiger partial charge in [0.2, 0.25) is 0 Å². The lowest BCUT2D eigenvalue weighted by Crippen LogP contribution is -1.76. The number of rotatable bonds is 0. The fourth-order valence-corrected chi connectivity index (χ4v) is 1.47. The van der Waals surface area contributed by atoms with Gasteiger partial charge in [-0.25, -0.2) is 0 Å². The lowest BCUT2D eigenvalue weighted by Gasteiger charge is -1.99. The Balaban J connectivity index is 2.84. The number of pyridine rings is 1. The summed E-state index contributed by atoms with van der Waals surface area (Å²) in [6.45, 7) is 0. The van der Waals surface area contributed by atoms with Crippen molar-refractivity contribution >= 4 is 35.0 Å². The highest BCUT2D eigenvalue weighted by Gasteiger charge is 1.98. The van der Waals surface area contributed by atoms with Crippen molar-refractivity contribution in [1.29, 1.82) is 0 Å². The first-order valence-corrected chi connectivity index (χ1v) is 4.32. The van der Waals surface area contributed by atoms with Crippen molar-refractivity contribution in [3.05, 3.63) is 35.6 Å². The van der Waals surface area contributed by atoms with Crippen LogP contribution in [0.2, 0.25) is 5.02 Å². The first-order valence-electron chi connectivity index (χ1n) is 3.49. The third-order valence-corrected chi connectivity index (χ3v) is 2.52. The summed E-state index contributed by atoms with van der Waals surface area (Å²) in [5, 5.41) is 2.82. The summed E-state index contributed by atoms with van der Waals surface area (Å²) in [6, 6.07) is 5.74. The van der Waals surface area contributed by atoms with E-state index in [2.05, 4.69) is 17.6 Å². The van der Waals surface area contributed by atoms with Gasteiger partial charge < -0.3 is 0 Å². The zero-order chi connectivity index (χ0) is 8.55. The second-order valence-corrected chi connectivity index (χ2v) is 3.42. The molecule has 3 heteroatoms. The van der Waals surface area contributed by atoms with Crippen molar-refractivity contribution < 1.29 is 0 Å². The van der Waals surface area contributed by atoms with E-state index in [1.165, 1.54) is 0 Å². The molecule has 0 N–H and O–H groups in total. The van der Waals surface area contributed by atoms with Crippen molar-refractivity contribution in [2.75, 3.05) is 0 Å². The van der Waals surface area contributed by atoms with Crippen LogP contribution < -0.4 is 0 Å². The largest absolute Gasteiger partial charge is 0.264 e. The summed E-state index contributed by atoms with van der Waals surface area (Å²) in [5.74, 6) is 0. The molecule has 1 aromatic heterocycles. The molecule has 2 rings (SSSR count). The van der Waals surface area contributed by atoms with Gasteiger partial charge in [-0.3, -0.25) is 4.98 Å². The molecule has 0 atom stereocenters. The fraction of sp³-hybridized carbons (Fsp3) is 0. The minimum Gasteiger partial charge on any atom is -0.264 e. The standard InChI is InChI=1S/C9H6ClNS/c10-8-3-7-5-11-2-1-6(7)4-9(8)12/h1-5,12H. The number of aromatic nitrogens is 1. The average Bonchev–Trinajstić information content (AvgIpc) is 2.07. The van der Waals surface area contributed by atoms with Crippen LogP contribution in [0.25, 0.3) is 10.8 Å². The van der Waals surface area contributed by atoms with E-state index < -0.39 is 0 Å². The Morgan fingerprint density at radius 1 is 1.25 bits per heavy atom. The Morgan fingerprint density at radius 2 is 2.08 bits per heavy atom. The predicted octanol–water partition coefficient (Wildman–Crippen LogP) is 3.18. The number of fused-ring (bicyclic) bond motifs is 1. The second-order valence-electron chi connectivity index (χ2n) is 2.53. The van der Waals surface area contributed by atoms with E-state index in [4.69, 9.17) is 11.6 Å². The van der Waals surface area contributed by atoms with Crippen LogP contribution >= 0.6 is 24.2 Å². The number of hydrogen-bond donors (Lipinski definition) is 1. The topological polar surface area (TPSA) is 12.9 Å². The molecule has 0 unspecified atom stereocenters. The van der Waals surface area contributed by atoms with Crippen LogP contribution in [0.4, 0.5) is 0 Å². The lowest BCUT2D eigenvalue weighted by atomic mass is 10.2. The van der Waals surface area contributed by atoms with Crippen molar-refractivity contribution in [3.63, 3.8) is 0 Å². The smallest absolute Gasteiger partial charge is 0.0546 e. The first-order chi connectivity index (χ1) is 5.77. The number of nitrogens with zero attached hydrogens (tertiary/aromatic N) is 1. The molecule has 0 aliphatic rings. The van der Waals surface area contributed by atoms with Gasteiger partial charge in [-0.2, -0.15) is 0 Å². The summed E-state index contributed by atoms with van der Waals surface area (Å²) < 4.78 is 0. The van der Waals surface area contributed by atoms with Crippen LogP contribution in [0.1, 0.15) is 0 Å². The molecule has 60 valence electrons. The van der Waals surface area contributed by atoms with Crippen LogP contribution in [0.3, 0.4) is 0 Å². The van der Waals surface area contributed by atoms with Gasteiger partial charge in [0.1, 0.15) is 0 Å². The molecule has 0 aliphatic heterocycles. The predicted molar refractivity (Wildman–Crippen MR) is 54.0 cm³/mol. The van der Waals surface area contributed by atoms with E-state index >= 15 is 0 Å². The van der Waals surface area contributed by atoms with E-state index in [-0.39, 0.29) is 0 Å². The van der Waals surface area contributed by atoms with Gasteiger partial charge in [-0.05, 0) is 23.6 Å². The Labute approximate surface area is 80.8 Å². The molecule has 2 aromatic rings. The van der Waals surface area contributed by atoms with Gasteiger partial charge in [-0.1, -0.05) is 11.6 Å². The third kappa shape index (κ3) is 1.28. The molecular formula is C9H6ClNS. The molecular weight excluding hydrogens is 190 g/mol. The van der Waals surface area contributed by atoms with Gasteiger partial charge in [0, 0.05) is 22.7 Å². The highest BCUT2D eigenvalue weighted by atomic mass is 35.5. The Morgan fingerprint density at radius 3 is 2.92 bits per heavy atom. The molecule has 0 saturated heterocycles. The second kappa shape index (κ2) is 2.96. The van der Waals surface area contributed by atoms with Gasteiger partial charge in [0.15, 0.2) is 0 Å². The van der Waals surface area contributed by atoms with Gasteiger partial charge >= 0.3 is 0 Å². The molecule has 1 aromatic carbocycles. The summed E-state index contributed by atoms with van der Waals surface area (Å²) in [5.41, 5.74) is 0. The van der Waals surface area contributed by atoms with Crippen molar-refractivity contribution in [2.24, 2.45) is 0 Å². The normalized spacial score (nSPS) is 10.5. The molecule has 0 radical (unpaired) electrons. The highest BCUT2D eigenvalue weighted by Crippen LogP contribution is 2.25. The fourth-order valence-electron chi connectivity index (χ4n) is 1.10. The number of thiol groups is 1. The van der Waals surface area contributed by atoms with E-state index in [9.17, 15) is 0 Å². The van der Waals surface area contributed by atoms with Gasteiger partial charge in [0.25, 0.3) is 0 Å². The summed E-state index contributed by atoms with van der Waals surface area (Å²) in [7, 11) is 0. The quantitative estimate of drug-likeness (QED) is 0.638. The van der Waals surface area contributed by atoms with E-state index in [1.807, 2.05) is 18.2 Å². The lowest BCUT2D eigenvalue weighted by molar-refractivity contribution is 1.36. The molecule has 0 spiro atoms. The maximum Gasteiger partial charge on any atom is 0.0546 e. The van der Waals surface area contributed by atoms with Crippen LogP contribution in [-0.4, -0.2) is 4.98 Å². The number of hydrogen-bond acceptors (Lipinski definition) is 2. The SMILES string of the molecule is Sc1cc2ccncc2cc1Cl. The molecule has 1 nitrogen and oxygen atoms in total. The maximum atomic E-state index is 5.88. The third-order valence-electron chi connectivity index (χ3n) is 1.71. The minimum absolute atomic E-state index is 0.666. The van der Waals surface area contributed by atoms with Crippen LogP contribution in [0, 0.1) is 0 Å². The van der Waals surface area contributed by atoms with Crippen LogP contribution in [-0.2, 0) is 0 Å².